The molecule has 6 heteroatoms. The third-order valence-electron chi connectivity index (χ3n) is 5.78. The van der Waals surface area contributed by atoms with Gasteiger partial charge in [-0.1, -0.05) is 31.4 Å². The average Bonchev–Trinajstić information content (AvgIpc) is 3.12. The van der Waals surface area contributed by atoms with Gasteiger partial charge < -0.3 is 19.4 Å². The third kappa shape index (κ3) is 3.67. The Hall–Kier alpha value is -3.02. The number of carbonyl (C=O) groups is 1. The highest BCUT2D eigenvalue weighted by molar-refractivity contribution is 5.92. The maximum atomic E-state index is 12.9. The molecule has 150 valence electrons. The lowest BCUT2D eigenvalue weighted by atomic mass is 9.88. The number of fused-ring (bicyclic) bond motifs is 2. The van der Waals surface area contributed by atoms with Crippen LogP contribution in [-0.4, -0.2) is 28.7 Å². The third-order valence-corrected chi connectivity index (χ3v) is 5.78. The van der Waals surface area contributed by atoms with Crippen LogP contribution in [0.1, 0.15) is 43.8 Å². The van der Waals surface area contributed by atoms with E-state index in [1.807, 2.05) is 42.5 Å². The first-order valence-corrected chi connectivity index (χ1v) is 10.4. The molecule has 1 fully saturated rings. The van der Waals surface area contributed by atoms with Gasteiger partial charge in [0.1, 0.15) is 25.6 Å². The molecule has 1 aliphatic heterocycles. The molecule has 0 radical (unpaired) electrons. The second-order valence-corrected chi connectivity index (χ2v) is 7.79. The standard InChI is InChI=1S/C23H25N3O3/c27-22(24-17-10-11-20-21(14-17)29-13-12-28-20)15-26-19-9-5-4-8-18(19)25-23(26)16-6-2-1-3-7-16/h4-5,8-11,14,16H,1-3,6-7,12-13,15H2,(H,24,27). The van der Waals surface area contributed by atoms with Crippen molar-refractivity contribution >= 4 is 22.6 Å². The molecule has 2 aliphatic rings. The number of aromatic nitrogens is 2. The summed E-state index contributed by atoms with van der Waals surface area (Å²) >= 11 is 0. The summed E-state index contributed by atoms with van der Waals surface area (Å²) in [5.41, 5.74) is 2.69. The molecule has 1 N–H and O–H groups in total. The lowest BCUT2D eigenvalue weighted by Gasteiger charge is -2.22. The first kappa shape index (κ1) is 18.0. The van der Waals surface area contributed by atoms with Crippen molar-refractivity contribution in [2.45, 2.75) is 44.6 Å². The Morgan fingerprint density at radius 3 is 2.69 bits per heavy atom. The fourth-order valence-electron chi connectivity index (χ4n) is 4.40. The van der Waals surface area contributed by atoms with E-state index in [0.717, 1.165) is 35.4 Å². The molecule has 0 bridgehead atoms. The van der Waals surface area contributed by atoms with Crippen molar-refractivity contribution in [1.82, 2.24) is 9.55 Å². The minimum atomic E-state index is -0.0677. The van der Waals surface area contributed by atoms with Crippen LogP contribution in [0.3, 0.4) is 0 Å². The number of anilines is 1. The number of nitrogens with one attached hydrogen (secondary N) is 1. The van der Waals surface area contributed by atoms with E-state index in [2.05, 4.69) is 9.88 Å². The van der Waals surface area contributed by atoms with Crippen LogP contribution in [0.25, 0.3) is 11.0 Å². The zero-order valence-electron chi connectivity index (χ0n) is 16.4. The molecule has 1 saturated carbocycles. The molecule has 1 aliphatic carbocycles. The molecule has 3 aromatic rings. The van der Waals surface area contributed by atoms with E-state index in [4.69, 9.17) is 14.5 Å². The molecular formula is C23H25N3O3. The van der Waals surface area contributed by atoms with Crippen molar-refractivity contribution in [3.8, 4) is 11.5 Å². The fraction of sp³-hybridized carbons (Fsp3) is 0.391. The fourth-order valence-corrected chi connectivity index (χ4v) is 4.40. The summed E-state index contributed by atoms with van der Waals surface area (Å²) in [6.45, 7) is 1.33. The van der Waals surface area contributed by atoms with E-state index in [1.54, 1.807) is 0 Å². The second kappa shape index (κ2) is 7.78. The Bertz CT molecular complexity index is 1040. The van der Waals surface area contributed by atoms with Crippen molar-refractivity contribution in [2.75, 3.05) is 18.5 Å². The molecule has 2 aromatic carbocycles. The number of rotatable bonds is 4. The smallest absolute Gasteiger partial charge is 0.244 e. The highest BCUT2D eigenvalue weighted by Gasteiger charge is 2.23. The minimum absolute atomic E-state index is 0.0677. The van der Waals surface area contributed by atoms with Crippen molar-refractivity contribution in [1.29, 1.82) is 0 Å². The SMILES string of the molecule is O=C(Cn1c(C2CCCCC2)nc2ccccc21)Nc1ccc2c(c1)OCCO2. The van der Waals surface area contributed by atoms with Crippen LogP contribution in [0.2, 0.25) is 0 Å². The number of ether oxygens (including phenoxy) is 2. The maximum Gasteiger partial charge on any atom is 0.244 e. The number of para-hydroxylation sites is 2. The van der Waals surface area contributed by atoms with Crippen LogP contribution in [-0.2, 0) is 11.3 Å². The number of benzene rings is 2. The summed E-state index contributed by atoms with van der Waals surface area (Å²) in [4.78, 5) is 17.8. The molecule has 1 aromatic heterocycles. The van der Waals surface area contributed by atoms with E-state index < -0.39 is 0 Å². The second-order valence-electron chi connectivity index (χ2n) is 7.79. The van der Waals surface area contributed by atoms with Gasteiger partial charge in [0, 0.05) is 17.7 Å². The normalized spacial score (nSPS) is 16.7. The lowest BCUT2D eigenvalue weighted by Crippen LogP contribution is -2.22. The maximum absolute atomic E-state index is 12.9. The Morgan fingerprint density at radius 1 is 1.03 bits per heavy atom. The van der Waals surface area contributed by atoms with Gasteiger partial charge in [-0.25, -0.2) is 4.98 Å². The molecule has 6 nitrogen and oxygen atoms in total. The van der Waals surface area contributed by atoms with Gasteiger partial charge in [-0.15, -0.1) is 0 Å². The van der Waals surface area contributed by atoms with Gasteiger partial charge in [0.15, 0.2) is 11.5 Å². The van der Waals surface area contributed by atoms with Crippen LogP contribution >= 0.6 is 0 Å². The molecule has 5 rings (SSSR count). The quantitative estimate of drug-likeness (QED) is 0.711. The number of hydrogen-bond acceptors (Lipinski definition) is 4. The van der Waals surface area contributed by atoms with Gasteiger partial charge in [-0.2, -0.15) is 0 Å². The molecular weight excluding hydrogens is 366 g/mol. The zero-order chi connectivity index (χ0) is 19.6. The molecule has 2 heterocycles. The zero-order valence-corrected chi connectivity index (χ0v) is 16.4. The van der Waals surface area contributed by atoms with Gasteiger partial charge in [0.05, 0.1) is 11.0 Å². The van der Waals surface area contributed by atoms with Crippen LogP contribution < -0.4 is 14.8 Å². The Morgan fingerprint density at radius 2 is 1.83 bits per heavy atom. The molecule has 1 amide bonds. The number of nitrogens with zero attached hydrogens (tertiary/aromatic N) is 2. The van der Waals surface area contributed by atoms with E-state index in [-0.39, 0.29) is 12.5 Å². The van der Waals surface area contributed by atoms with Crippen LogP contribution in [0.5, 0.6) is 11.5 Å². The number of imidazole rings is 1. The predicted molar refractivity (Wildman–Crippen MR) is 112 cm³/mol. The van der Waals surface area contributed by atoms with E-state index in [9.17, 15) is 4.79 Å². The monoisotopic (exact) mass is 391 g/mol. The van der Waals surface area contributed by atoms with Gasteiger partial charge in [-0.3, -0.25) is 4.79 Å². The van der Waals surface area contributed by atoms with Gasteiger partial charge in [0.2, 0.25) is 5.91 Å². The van der Waals surface area contributed by atoms with E-state index in [0.29, 0.717) is 30.6 Å². The number of amides is 1. The summed E-state index contributed by atoms with van der Waals surface area (Å²) < 4.78 is 13.3. The summed E-state index contributed by atoms with van der Waals surface area (Å²) in [5.74, 6) is 2.79. The van der Waals surface area contributed by atoms with E-state index in [1.165, 1.54) is 19.3 Å². The van der Waals surface area contributed by atoms with Gasteiger partial charge in [-0.05, 0) is 37.1 Å². The van der Waals surface area contributed by atoms with Crippen molar-refractivity contribution in [2.24, 2.45) is 0 Å². The first-order valence-electron chi connectivity index (χ1n) is 10.4. The molecule has 0 unspecified atom stereocenters. The van der Waals surface area contributed by atoms with Crippen molar-refractivity contribution in [3.63, 3.8) is 0 Å². The lowest BCUT2D eigenvalue weighted by molar-refractivity contribution is -0.116. The van der Waals surface area contributed by atoms with Gasteiger partial charge >= 0.3 is 0 Å². The summed E-state index contributed by atoms with van der Waals surface area (Å²) in [5, 5.41) is 3.00. The van der Waals surface area contributed by atoms with E-state index >= 15 is 0 Å². The highest BCUT2D eigenvalue weighted by Crippen LogP contribution is 2.35. The predicted octanol–water partition coefficient (Wildman–Crippen LogP) is 4.49. The van der Waals surface area contributed by atoms with Crippen molar-refractivity contribution < 1.29 is 14.3 Å². The topological polar surface area (TPSA) is 65.4 Å². The van der Waals surface area contributed by atoms with Crippen molar-refractivity contribution in [3.05, 3.63) is 48.3 Å². The Balaban J connectivity index is 1.40. The summed E-state index contributed by atoms with van der Waals surface area (Å²) in [6.07, 6.45) is 6.05. The Kier molecular flexibility index (Phi) is 4.84. The highest BCUT2D eigenvalue weighted by atomic mass is 16.6. The number of carbonyl (C=O) groups excluding carboxylic acids is 1. The molecule has 0 spiro atoms. The van der Waals surface area contributed by atoms with Crippen LogP contribution in [0, 0.1) is 0 Å². The van der Waals surface area contributed by atoms with Crippen LogP contribution in [0.15, 0.2) is 42.5 Å². The van der Waals surface area contributed by atoms with Gasteiger partial charge in [0.25, 0.3) is 0 Å². The average molecular weight is 391 g/mol. The Labute approximate surface area is 169 Å². The molecule has 0 saturated heterocycles. The minimum Gasteiger partial charge on any atom is -0.486 e. The summed E-state index contributed by atoms with van der Waals surface area (Å²) in [7, 11) is 0. The number of hydrogen-bond donors (Lipinski definition) is 1. The molecule has 0 atom stereocenters. The first-order chi connectivity index (χ1) is 14.3. The molecule has 29 heavy (non-hydrogen) atoms. The largest absolute Gasteiger partial charge is 0.486 e. The van der Waals surface area contributed by atoms with Crippen LogP contribution in [0.4, 0.5) is 5.69 Å². The summed E-state index contributed by atoms with van der Waals surface area (Å²) in [6, 6.07) is 13.6.